The first-order valence-electron chi connectivity index (χ1n) is 18.3. The predicted molar refractivity (Wildman–Crippen MR) is 227 cm³/mol. The Labute approximate surface area is 316 Å². The monoisotopic (exact) mass is 699 g/mol. The van der Waals surface area contributed by atoms with Crippen LogP contribution in [0.2, 0.25) is 0 Å². The highest BCUT2D eigenvalue weighted by atomic mass is 15.0. The lowest BCUT2D eigenvalue weighted by Crippen LogP contribution is -2.02. The molecule has 0 aliphatic rings. The van der Waals surface area contributed by atoms with Crippen LogP contribution >= 0.6 is 0 Å². The summed E-state index contributed by atoms with van der Waals surface area (Å²) in [7, 11) is 0. The van der Waals surface area contributed by atoms with Gasteiger partial charge in [-0.1, -0.05) is 115 Å². The van der Waals surface area contributed by atoms with Gasteiger partial charge in [0, 0.05) is 43.9 Å². The molecule has 0 spiro atoms. The molecular formula is C50H29N5. The Bertz CT molecular complexity index is 3420. The summed E-state index contributed by atoms with van der Waals surface area (Å²) in [6, 6.07) is 61.3. The average Bonchev–Trinajstić information content (AvgIpc) is 3.88. The molecule has 0 radical (unpaired) electrons. The van der Waals surface area contributed by atoms with Gasteiger partial charge in [0.05, 0.1) is 51.9 Å². The van der Waals surface area contributed by atoms with Crippen LogP contribution < -0.4 is 0 Å². The molecule has 0 bridgehead atoms. The molecule has 8 aromatic carbocycles. The van der Waals surface area contributed by atoms with Gasteiger partial charge in [-0.05, 0) is 71.6 Å². The van der Waals surface area contributed by atoms with Gasteiger partial charge in [0.15, 0.2) is 11.4 Å². The maximum Gasteiger partial charge on any atom is 0.197 e. The van der Waals surface area contributed by atoms with Gasteiger partial charge < -0.3 is 13.7 Å². The molecule has 5 heteroatoms. The number of fused-ring (bicyclic) bond motifs is 9. The van der Waals surface area contributed by atoms with Crippen LogP contribution in [0.5, 0.6) is 0 Å². The van der Waals surface area contributed by atoms with E-state index >= 15 is 0 Å². The van der Waals surface area contributed by atoms with E-state index in [1.165, 1.54) is 10.8 Å². The van der Waals surface area contributed by atoms with Gasteiger partial charge in [-0.2, -0.15) is 0 Å². The maximum atomic E-state index is 8.49. The van der Waals surface area contributed by atoms with Gasteiger partial charge in [-0.15, -0.1) is 0 Å². The fourth-order valence-corrected chi connectivity index (χ4v) is 8.81. The number of benzene rings is 8. The molecule has 0 atom stereocenters. The van der Waals surface area contributed by atoms with Crippen molar-refractivity contribution in [3.63, 3.8) is 0 Å². The number of rotatable bonds is 4. The van der Waals surface area contributed by atoms with Crippen molar-refractivity contribution in [2.45, 2.75) is 0 Å². The molecule has 0 aliphatic heterocycles. The zero-order valence-corrected chi connectivity index (χ0v) is 29.5. The lowest BCUT2D eigenvalue weighted by Gasteiger charge is -2.20. The lowest BCUT2D eigenvalue weighted by molar-refractivity contribution is 1.15. The maximum absolute atomic E-state index is 8.49. The summed E-state index contributed by atoms with van der Waals surface area (Å²) in [5, 5.41) is 6.84. The van der Waals surface area contributed by atoms with Gasteiger partial charge in [0.2, 0.25) is 0 Å². The molecule has 0 amide bonds. The Kier molecular flexibility index (Phi) is 6.61. The molecule has 11 rings (SSSR count). The van der Waals surface area contributed by atoms with E-state index in [2.05, 4.69) is 163 Å². The Balaban J connectivity index is 1.23. The molecule has 0 unspecified atom stereocenters. The van der Waals surface area contributed by atoms with Crippen LogP contribution in [0.25, 0.3) is 103 Å². The van der Waals surface area contributed by atoms with Gasteiger partial charge in [0.1, 0.15) is 0 Å². The predicted octanol–water partition coefficient (Wildman–Crippen LogP) is 13.7. The van der Waals surface area contributed by atoms with Crippen LogP contribution in [0.3, 0.4) is 0 Å². The van der Waals surface area contributed by atoms with Crippen LogP contribution in [0.15, 0.2) is 176 Å². The van der Waals surface area contributed by atoms with Gasteiger partial charge in [-0.3, -0.25) is 0 Å². The normalized spacial score (nSPS) is 11.6. The number of hydrogen-bond donors (Lipinski definition) is 0. The number of nitrogens with zero attached hydrogens (tertiary/aromatic N) is 5. The molecule has 55 heavy (non-hydrogen) atoms. The highest BCUT2D eigenvalue weighted by Gasteiger charge is 2.23. The van der Waals surface area contributed by atoms with E-state index in [-0.39, 0.29) is 0 Å². The highest BCUT2D eigenvalue weighted by Crippen LogP contribution is 2.45. The quantitative estimate of drug-likeness (QED) is 0.163. The minimum absolute atomic E-state index is 0.575. The second-order valence-corrected chi connectivity index (χ2v) is 13.9. The molecule has 0 fully saturated rings. The molecule has 254 valence electrons. The SMILES string of the molecule is [C-]#[N+]c1ccc2c(c1)c1ccccc1n2-c1ccccc1-c1c([N+]#[C-])cccc1-n1c2ccccc2c2ccc(-n3c4ccccc4c4ccccc43)cc21. The summed E-state index contributed by atoms with van der Waals surface area (Å²) in [6.45, 7) is 16.2. The van der Waals surface area contributed by atoms with Crippen molar-refractivity contribution in [3.8, 4) is 28.2 Å². The van der Waals surface area contributed by atoms with Gasteiger partial charge >= 0.3 is 0 Å². The van der Waals surface area contributed by atoms with Crippen molar-refractivity contribution in [2.75, 3.05) is 0 Å². The largest absolute Gasteiger partial charge is 0.310 e. The van der Waals surface area contributed by atoms with Crippen LogP contribution in [0.4, 0.5) is 11.4 Å². The van der Waals surface area contributed by atoms with Crippen LogP contribution in [-0.4, -0.2) is 13.7 Å². The van der Waals surface area contributed by atoms with Gasteiger partial charge in [0.25, 0.3) is 0 Å². The Morgan fingerprint density at radius 3 is 1.49 bits per heavy atom. The first-order chi connectivity index (χ1) is 27.2. The lowest BCUT2D eigenvalue weighted by atomic mass is 9.98. The summed E-state index contributed by atoms with van der Waals surface area (Å²) in [6.07, 6.45) is 0. The number of para-hydroxylation sites is 5. The molecule has 3 aromatic heterocycles. The van der Waals surface area contributed by atoms with Crippen molar-refractivity contribution in [2.24, 2.45) is 0 Å². The zero-order chi connectivity index (χ0) is 36.6. The standard InChI is InChI=1S/C50H29N5/c1-51-32-26-29-47-40(30-32)37-17-6-11-23-45(37)54(47)46-24-12-7-18-39(46)50-41(52-2)19-13-25-48(50)55-44-22-10-5-16-36(44)38-28-27-33(31-49(38)55)53-42-20-8-3-14-34(42)35-15-4-9-21-43(35)53/h3-31H. The van der Waals surface area contributed by atoms with Crippen molar-refractivity contribution in [1.82, 2.24) is 13.7 Å². The van der Waals surface area contributed by atoms with Gasteiger partial charge in [-0.25, -0.2) is 9.69 Å². The highest BCUT2D eigenvalue weighted by molar-refractivity contribution is 6.14. The third-order valence-corrected chi connectivity index (χ3v) is 11.1. The van der Waals surface area contributed by atoms with Crippen LogP contribution in [0.1, 0.15) is 0 Å². The summed E-state index contributed by atoms with van der Waals surface area (Å²) in [5.74, 6) is 0. The van der Waals surface area contributed by atoms with Crippen molar-refractivity contribution in [3.05, 3.63) is 199 Å². The zero-order valence-electron chi connectivity index (χ0n) is 29.5. The minimum atomic E-state index is 0.575. The molecular weight excluding hydrogens is 671 g/mol. The number of aromatic nitrogens is 3. The van der Waals surface area contributed by atoms with E-state index in [1.807, 2.05) is 36.4 Å². The summed E-state index contributed by atoms with van der Waals surface area (Å²) < 4.78 is 6.99. The summed E-state index contributed by atoms with van der Waals surface area (Å²) >= 11 is 0. The third-order valence-electron chi connectivity index (χ3n) is 11.1. The molecule has 11 aromatic rings. The Hall–Kier alpha value is -7.86. The van der Waals surface area contributed by atoms with E-state index < -0.39 is 0 Å². The number of hydrogen-bond acceptors (Lipinski definition) is 0. The van der Waals surface area contributed by atoms with E-state index in [4.69, 9.17) is 13.1 Å². The van der Waals surface area contributed by atoms with Crippen LogP contribution in [-0.2, 0) is 0 Å². The fraction of sp³-hybridized carbons (Fsp3) is 0. The Morgan fingerprint density at radius 1 is 0.345 bits per heavy atom. The molecule has 3 heterocycles. The van der Waals surface area contributed by atoms with E-state index in [1.54, 1.807) is 0 Å². The summed E-state index contributed by atoms with van der Waals surface area (Å²) in [5.41, 5.74) is 12.5. The smallest absolute Gasteiger partial charge is 0.197 e. The topological polar surface area (TPSA) is 23.5 Å². The second-order valence-electron chi connectivity index (χ2n) is 13.9. The first kappa shape index (κ1) is 30.7. The molecule has 5 nitrogen and oxygen atoms in total. The second kappa shape index (κ2) is 11.8. The van der Waals surface area contributed by atoms with E-state index in [0.717, 1.165) is 82.8 Å². The van der Waals surface area contributed by atoms with Crippen molar-refractivity contribution in [1.29, 1.82) is 0 Å². The van der Waals surface area contributed by atoms with Crippen molar-refractivity contribution < 1.29 is 0 Å². The third kappa shape index (κ3) is 4.39. The molecule has 0 saturated heterocycles. The van der Waals surface area contributed by atoms with Crippen LogP contribution in [0, 0.1) is 13.1 Å². The minimum Gasteiger partial charge on any atom is -0.310 e. The van der Waals surface area contributed by atoms with E-state index in [9.17, 15) is 0 Å². The molecule has 0 saturated carbocycles. The molecule has 0 N–H and O–H groups in total. The Morgan fingerprint density at radius 2 is 0.855 bits per heavy atom. The average molecular weight is 700 g/mol. The molecule has 0 aliphatic carbocycles. The van der Waals surface area contributed by atoms with E-state index in [0.29, 0.717) is 11.4 Å². The first-order valence-corrected chi connectivity index (χ1v) is 18.3. The fourth-order valence-electron chi connectivity index (χ4n) is 8.81. The van der Waals surface area contributed by atoms with Crippen molar-refractivity contribution >= 4 is 76.8 Å². The summed E-state index contributed by atoms with van der Waals surface area (Å²) in [4.78, 5) is 7.91.